The Bertz CT molecular complexity index is 958. The van der Waals surface area contributed by atoms with Gasteiger partial charge in [-0.25, -0.2) is 9.97 Å². The highest BCUT2D eigenvalue weighted by Gasteiger charge is 2.23. The third-order valence-electron chi connectivity index (χ3n) is 5.65. The predicted octanol–water partition coefficient (Wildman–Crippen LogP) is 1.38. The van der Waals surface area contributed by atoms with Crippen LogP contribution in [-0.4, -0.2) is 77.0 Å². The Hall–Kier alpha value is -2.88. The maximum absolute atomic E-state index is 5.94. The van der Waals surface area contributed by atoms with Gasteiger partial charge in [-0.15, -0.1) is 0 Å². The lowest BCUT2D eigenvalue weighted by Gasteiger charge is -2.32. The molecule has 0 aliphatic carbocycles. The van der Waals surface area contributed by atoms with Crippen LogP contribution in [-0.2, 0) is 17.7 Å². The van der Waals surface area contributed by atoms with Crippen molar-refractivity contribution in [2.45, 2.75) is 19.1 Å². The standard InChI is InChI=1S/C22H27N7O2/c1-2-4-17(5-3-1)15-28-10-11-30-18(16-28)12-21-26-22(27-31-21)19-13-25-20(14-24-19)29-8-6-23-7-9-29/h1-5,13-14,18,23H,6-12,15-16H2. The van der Waals surface area contributed by atoms with Crippen LogP contribution in [0.4, 0.5) is 5.82 Å². The van der Waals surface area contributed by atoms with E-state index in [9.17, 15) is 0 Å². The molecule has 5 rings (SSSR count). The van der Waals surface area contributed by atoms with Crippen LogP contribution in [0.3, 0.4) is 0 Å². The van der Waals surface area contributed by atoms with E-state index in [4.69, 9.17) is 9.26 Å². The maximum atomic E-state index is 5.94. The second kappa shape index (κ2) is 9.51. The van der Waals surface area contributed by atoms with Crippen LogP contribution in [0.1, 0.15) is 11.5 Å². The van der Waals surface area contributed by atoms with Gasteiger partial charge in [-0.3, -0.25) is 4.90 Å². The highest BCUT2D eigenvalue weighted by molar-refractivity contribution is 5.49. The van der Waals surface area contributed by atoms with Crippen LogP contribution in [0.15, 0.2) is 47.2 Å². The quantitative estimate of drug-likeness (QED) is 0.634. The molecule has 2 saturated heterocycles. The summed E-state index contributed by atoms with van der Waals surface area (Å²) in [5, 5.41) is 7.44. The number of nitrogens with zero attached hydrogens (tertiary/aromatic N) is 6. The highest BCUT2D eigenvalue weighted by atomic mass is 16.5. The van der Waals surface area contributed by atoms with Crippen molar-refractivity contribution in [3.8, 4) is 11.5 Å². The SMILES string of the molecule is c1ccc(CN2CCOC(Cc3nc(-c4cnc(N5CCNCC5)cn4)no3)C2)cc1. The molecule has 0 radical (unpaired) electrons. The molecule has 9 heteroatoms. The molecule has 0 spiro atoms. The summed E-state index contributed by atoms with van der Waals surface area (Å²) in [5.41, 5.74) is 1.93. The first kappa shape index (κ1) is 20.0. The summed E-state index contributed by atoms with van der Waals surface area (Å²) in [6, 6.07) is 10.5. The van der Waals surface area contributed by atoms with E-state index in [0.29, 0.717) is 30.4 Å². The Morgan fingerprint density at radius 1 is 1.03 bits per heavy atom. The molecular weight excluding hydrogens is 394 g/mol. The van der Waals surface area contributed by atoms with E-state index in [2.05, 4.69) is 59.5 Å². The summed E-state index contributed by atoms with van der Waals surface area (Å²) in [5.74, 6) is 1.91. The molecule has 0 bridgehead atoms. The summed E-state index contributed by atoms with van der Waals surface area (Å²) in [7, 11) is 0. The molecule has 0 saturated carbocycles. The largest absolute Gasteiger partial charge is 0.375 e. The van der Waals surface area contributed by atoms with E-state index >= 15 is 0 Å². The Balaban J connectivity index is 1.18. The molecule has 1 atom stereocenters. The molecule has 2 fully saturated rings. The summed E-state index contributed by atoms with van der Waals surface area (Å²) in [6.07, 6.45) is 4.12. The van der Waals surface area contributed by atoms with E-state index < -0.39 is 0 Å². The first-order valence-corrected chi connectivity index (χ1v) is 10.8. The van der Waals surface area contributed by atoms with Gasteiger partial charge in [-0.05, 0) is 5.56 Å². The first-order valence-electron chi connectivity index (χ1n) is 10.8. The Kier molecular flexibility index (Phi) is 6.15. The average molecular weight is 422 g/mol. The van der Waals surface area contributed by atoms with Crippen molar-refractivity contribution in [1.82, 2.24) is 30.3 Å². The zero-order valence-corrected chi connectivity index (χ0v) is 17.5. The molecule has 3 aromatic rings. The average Bonchev–Trinajstić information content (AvgIpc) is 3.29. The second-order valence-electron chi connectivity index (χ2n) is 7.93. The van der Waals surface area contributed by atoms with E-state index in [0.717, 1.165) is 51.6 Å². The monoisotopic (exact) mass is 421 g/mol. The summed E-state index contributed by atoms with van der Waals surface area (Å²) in [4.78, 5) is 18.2. The van der Waals surface area contributed by atoms with Gasteiger partial charge >= 0.3 is 0 Å². The summed E-state index contributed by atoms with van der Waals surface area (Å²) < 4.78 is 11.4. The van der Waals surface area contributed by atoms with Crippen LogP contribution >= 0.6 is 0 Å². The zero-order chi connectivity index (χ0) is 20.9. The third-order valence-corrected chi connectivity index (χ3v) is 5.65. The number of nitrogens with one attached hydrogen (secondary N) is 1. The Morgan fingerprint density at radius 2 is 1.90 bits per heavy atom. The van der Waals surface area contributed by atoms with Crippen LogP contribution < -0.4 is 10.2 Å². The van der Waals surface area contributed by atoms with Crippen LogP contribution in [0.2, 0.25) is 0 Å². The van der Waals surface area contributed by atoms with Gasteiger partial charge in [-0.2, -0.15) is 4.98 Å². The fourth-order valence-electron chi connectivity index (χ4n) is 4.02. The number of anilines is 1. The van der Waals surface area contributed by atoms with Crippen molar-refractivity contribution in [3.63, 3.8) is 0 Å². The molecule has 162 valence electrons. The van der Waals surface area contributed by atoms with Gasteiger partial charge in [0.05, 0.1) is 31.5 Å². The highest BCUT2D eigenvalue weighted by Crippen LogP contribution is 2.18. The van der Waals surface area contributed by atoms with Crippen molar-refractivity contribution in [3.05, 3.63) is 54.2 Å². The van der Waals surface area contributed by atoms with Crippen LogP contribution in [0, 0.1) is 0 Å². The minimum atomic E-state index is 0.0342. The third kappa shape index (κ3) is 5.07. The number of aromatic nitrogens is 4. The second-order valence-corrected chi connectivity index (χ2v) is 7.93. The molecule has 1 unspecified atom stereocenters. The molecule has 4 heterocycles. The van der Waals surface area contributed by atoms with Crippen molar-refractivity contribution in [2.24, 2.45) is 0 Å². The van der Waals surface area contributed by atoms with E-state index in [1.54, 1.807) is 12.4 Å². The molecule has 9 nitrogen and oxygen atoms in total. The van der Waals surface area contributed by atoms with Gasteiger partial charge in [-0.1, -0.05) is 35.5 Å². The van der Waals surface area contributed by atoms with E-state index in [-0.39, 0.29) is 6.10 Å². The van der Waals surface area contributed by atoms with E-state index in [1.807, 2.05) is 6.07 Å². The number of rotatable bonds is 6. The van der Waals surface area contributed by atoms with Gasteiger partial charge in [0, 0.05) is 45.8 Å². The van der Waals surface area contributed by atoms with E-state index in [1.165, 1.54) is 5.56 Å². The Labute approximate surface area is 181 Å². The summed E-state index contributed by atoms with van der Waals surface area (Å²) >= 11 is 0. The number of ether oxygens (including phenoxy) is 1. The normalized spacial score (nSPS) is 20.1. The number of hydrogen-bond donors (Lipinski definition) is 1. The van der Waals surface area contributed by atoms with Crippen molar-refractivity contribution in [2.75, 3.05) is 50.8 Å². The van der Waals surface area contributed by atoms with Gasteiger partial charge in [0.1, 0.15) is 11.5 Å². The molecule has 2 aliphatic heterocycles. The summed E-state index contributed by atoms with van der Waals surface area (Å²) in [6.45, 7) is 7.18. The Morgan fingerprint density at radius 3 is 2.71 bits per heavy atom. The predicted molar refractivity (Wildman–Crippen MR) is 116 cm³/mol. The van der Waals surface area contributed by atoms with Crippen LogP contribution in [0.5, 0.6) is 0 Å². The number of morpholine rings is 1. The minimum absolute atomic E-state index is 0.0342. The van der Waals surface area contributed by atoms with Crippen molar-refractivity contribution in [1.29, 1.82) is 0 Å². The lowest BCUT2D eigenvalue weighted by atomic mass is 10.1. The number of benzene rings is 1. The number of piperazine rings is 1. The lowest BCUT2D eigenvalue weighted by molar-refractivity contribution is -0.0335. The maximum Gasteiger partial charge on any atom is 0.229 e. The zero-order valence-electron chi connectivity index (χ0n) is 17.5. The molecule has 31 heavy (non-hydrogen) atoms. The lowest BCUT2D eigenvalue weighted by Crippen LogP contribution is -2.43. The molecule has 2 aromatic heterocycles. The molecule has 2 aliphatic rings. The van der Waals surface area contributed by atoms with Crippen molar-refractivity contribution >= 4 is 5.82 Å². The molecular formula is C22H27N7O2. The fraction of sp³-hybridized carbons (Fsp3) is 0.455. The number of hydrogen-bond acceptors (Lipinski definition) is 9. The molecule has 0 amide bonds. The topological polar surface area (TPSA) is 92.4 Å². The van der Waals surface area contributed by atoms with Crippen LogP contribution in [0.25, 0.3) is 11.5 Å². The first-order chi connectivity index (χ1) is 15.3. The smallest absolute Gasteiger partial charge is 0.229 e. The van der Waals surface area contributed by atoms with Gasteiger partial charge < -0.3 is 19.5 Å². The van der Waals surface area contributed by atoms with Gasteiger partial charge in [0.15, 0.2) is 0 Å². The van der Waals surface area contributed by atoms with Gasteiger partial charge in [0.2, 0.25) is 11.7 Å². The molecule has 1 N–H and O–H groups in total. The van der Waals surface area contributed by atoms with Crippen molar-refractivity contribution < 1.29 is 9.26 Å². The minimum Gasteiger partial charge on any atom is -0.375 e. The molecule has 1 aromatic carbocycles. The van der Waals surface area contributed by atoms with Gasteiger partial charge in [0.25, 0.3) is 0 Å². The fourth-order valence-corrected chi connectivity index (χ4v) is 4.02.